The van der Waals surface area contributed by atoms with Crippen LogP contribution in [0.5, 0.6) is 0 Å². The van der Waals surface area contributed by atoms with Crippen molar-refractivity contribution in [3.63, 3.8) is 0 Å². The number of aromatic nitrogens is 3. The van der Waals surface area contributed by atoms with Gasteiger partial charge in [-0.1, -0.05) is 12.1 Å². The Kier molecular flexibility index (Phi) is 4.30. The molecule has 0 bridgehead atoms. The number of nitrogens with zero attached hydrogens (tertiary/aromatic N) is 5. The molecule has 8 nitrogen and oxygen atoms in total. The fourth-order valence-corrected chi connectivity index (χ4v) is 4.07. The number of amides is 1. The molecule has 3 aromatic heterocycles. The topological polar surface area (TPSA) is 76.0 Å². The van der Waals surface area contributed by atoms with Crippen molar-refractivity contribution in [2.24, 2.45) is 0 Å². The van der Waals surface area contributed by atoms with Crippen LogP contribution in [0.2, 0.25) is 0 Å². The Morgan fingerprint density at radius 2 is 1.90 bits per heavy atom. The standard InChI is InChI=1S/C21H20FN5O3/c1-14-23-26(21(29)18-12-19-17(27(14)18)6-11-30-19)13-20(28)25-9-7-24(8-10-25)16-5-3-2-4-15(16)22/h2-6,11-12H,7-10,13H2,1H3. The highest BCUT2D eigenvalue weighted by Crippen LogP contribution is 2.21. The molecule has 0 aliphatic carbocycles. The van der Waals surface area contributed by atoms with Crippen molar-refractivity contribution in [1.29, 1.82) is 0 Å². The van der Waals surface area contributed by atoms with E-state index >= 15 is 0 Å². The number of aryl methyl sites for hydroxylation is 1. The van der Waals surface area contributed by atoms with Gasteiger partial charge in [-0.15, -0.1) is 0 Å². The van der Waals surface area contributed by atoms with E-state index < -0.39 is 0 Å². The lowest BCUT2D eigenvalue weighted by molar-refractivity contribution is -0.132. The van der Waals surface area contributed by atoms with E-state index in [0.29, 0.717) is 48.8 Å². The highest BCUT2D eigenvalue weighted by Gasteiger charge is 2.24. The summed E-state index contributed by atoms with van der Waals surface area (Å²) >= 11 is 0. The summed E-state index contributed by atoms with van der Waals surface area (Å²) in [7, 11) is 0. The third kappa shape index (κ3) is 2.94. The molecule has 0 spiro atoms. The fourth-order valence-electron chi connectivity index (χ4n) is 4.07. The second kappa shape index (κ2) is 7.01. The van der Waals surface area contributed by atoms with Crippen molar-refractivity contribution in [3.8, 4) is 0 Å². The van der Waals surface area contributed by atoms with E-state index in [2.05, 4.69) is 5.10 Å². The molecule has 1 saturated heterocycles. The van der Waals surface area contributed by atoms with Crippen LogP contribution in [0.15, 0.2) is 51.9 Å². The Balaban J connectivity index is 1.34. The van der Waals surface area contributed by atoms with Gasteiger partial charge in [0.15, 0.2) is 5.58 Å². The maximum Gasteiger partial charge on any atom is 0.291 e. The van der Waals surface area contributed by atoms with Gasteiger partial charge in [-0.05, 0) is 19.1 Å². The lowest BCUT2D eigenvalue weighted by Crippen LogP contribution is -2.50. The number of rotatable bonds is 3. The summed E-state index contributed by atoms with van der Waals surface area (Å²) in [6.45, 7) is 3.63. The van der Waals surface area contributed by atoms with Gasteiger partial charge in [-0.2, -0.15) is 5.10 Å². The van der Waals surface area contributed by atoms with Crippen LogP contribution >= 0.6 is 0 Å². The van der Waals surface area contributed by atoms with Crippen molar-refractivity contribution in [2.75, 3.05) is 31.1 Å². The first-order chi connectivity index (χ1) is 14.5. The molecule has 1 fully saturated rings. The van der Waals surface area contributed by atoms with E-state index in [9.17, 15) is 14.0 Å². The molecule has 154 valence electrons. The minimum atomic E-state index is -0.342. The fraction of sp³-hybridized carbons (Fsp3) is 0.286. The van der Waals surface area contributed by atoms with Gasteiger partial charge in [0, 0.05) is 38.3 Å². The van der Waals surface area contributed by atoms with Crippen molar-refractivity contribution in [3.05, 3.63) is 64.7 Å². The van der Waals surface area contributed by atoms with E-state index in [1.807, 2.05) is 4.90 Å². The number of para-hydroxylation sites is 1. The molecule has 0 N–H and O–H groups in total. The smallest absolute Gasteiger partial charge is 0.291 e. The minimum Gasteiger partial charge on any atom is -0.463 e. The number of fused-ring (bicyclic) bond motifs is 3. The van der Waals surface area contributed by atoms with Crippen LogP contribution in [0, 0.1) is 12.7 Å². The largest absolute Gasteiger partial charge is 0.463 e. The summed E-state index contributed by atoms with van der Waals surface area (Å²) in [4.78, 5) is 29.3. The predicted molar refractivity (Wildman–Crippen MR) is 109 cm³/mol. The van der Waals surface area contributed by atoms with Gasteiger partial charge in [0.1, 0.15) is 23.7 Å². The molecule has 1 aliphatic heterocycles. The molecule has 1 amide bonds. The Morgan fingerprint density at radius 3 is 2.67 bits per heavy atom. The van der Waals surface area contributed by atoms with E-state index in [1.54, 1.807) is 52.8 Å². The van der Waals surface area contributed by atoms with Crippen molar-refractivity contribution in [2.45, 2.75) is 13.5 Å². The molecule has 0 radical (unpaired) electrons. The lowest BCUT2D eigenvalue weighted by atomic mass is 10.2. The van der Waals surface area contributed by atoms with Crippen LogP contribution in [0.25, 0.3) is 16.6 Å². The number of anilines is 1. The first kappa shape index (κ1) is 18.4. The molecule has 5 rings (SSSR count). The van der Waals surface area contributed by atoms with E-state index in [0.717, 1.165) is 5.52 Å². The van der Waals surface area contributed by atoms with Gasteiger partial charge in [0.25, 0.3) is 5.56 Å². The van der Waals surface area contributed by atoms with Crippen LogP contribution in [0.4, 0.5) is 10.1 Å². The minimum absolute atomic E-state index is 0.136. The van der Waals surface area contributed by atoms with Gasteiger partial charge in [0.2, 0.25) is 5.91 Å². The summed E-state index contributed by atoms with van der Waals surface area (Å²) in [6, 6.07) is 10.1. The number of hydrogen-bond acceptors (Lipinski definition) is 5. The van der Waals surface area contributed by atoms with Gasteiger partial charge in [-0.25, -0.2) is 9.07 Å². The predicted octanol–water partition coefficient (Wildman–Crippen LogP) is 2.04. The Morgan fingerprint density at radius 1 is 1.13 bits per heavy atom. The van der Waals surface area contributed by atoms with Gasteiger partial charge in [0.05, 0.1) is 17.5 Å². The van der Waals surface area contributed by atoms with E-state index in [1.165, 1.54) is 10.7 Å². The van der Waals surface area contributed by atoms with Crippen LogP contribution in [0.3, 0.4) is 0 Å². The number of benzene rings is 1. The number of halogens is 1. The number of hydrogen-bond donors (Lipinski definition) is 0. The highest BCUT2D eigenvalue weighted by molar-refractivity contribution is 5.82. The SMILES string of the molecule is Cc1nn(CC(=O)N2CCN(c3ccccc3F)CC2)c(=O)c2cc3occc3n12. The third-order valence-corrected chi connectivity index (χ3v) is 5.58. The maximum atomic E-state index is 14.0. The highest BCUT2D eigenvalue weighted by atomic mass is 19.1. The normalized spacial score (nSPS) is 14.7. The summed E-state index contributed by atoms with van der Waals surface area (Å²) < 4.78 is 22.3. The zero-order valence-electron chi connectivity index (χ0n) is 16.4. The van der Waals surface area contributed by atoms with Crippen molar-refractivity contribution < 1.29 is 13.6 Å². The second-order valence-corrected chi connectivity index (χ2v) is 7.36. The average molecular weight is 409 g/mol. The molecule has 9 heteroatoms. The lowest BCUT2D eigenvalue weighted by Gasteiger charge is -2.36. The first-order valence-electron chi connectivity index (χ1n) is 9.76. The summed E-state index contributed by atoms with van der Waals surface area (Å²) in [5.74, 6) is 0.143. The van der Waals surface area contributed by atoms with E-state index in [4.69, 9.17) is 4.42 Å². The number of carbonyl (C=O) groups is 1. The Hall–Kier alpha value is -3.62. The number of carbonyl (C=O) groups excluding carboxylic acids is 1. The molecule has 4 aromatic rings. The number of piperazine rings is 1. The average Bonchev–Trinajstić information content (AvgIpc) is 3.34. The Labute approximate surface area is 170 Å². The van der Waals surface area contributed by atoms with Crippen LogP contribution in [-0.4, -0.2) is 51.2 Å². The quantitative estimate of drug-likeness (QED) is 0.518. The monoisotopic (exact) mass is 409 g/mol. The van der Waals surface area contributed by atoms with Crippen molar-refractivity contribution in [1.82, 2.24) is 19.1 Å². The molecule has 0 unspecified atom stereocenters. The third-order valence-electron chi connectivity index (χ3n) is 5.58. The van der Waals surface area contributed by atoms with Gasteiger partial charge in [-0.3, -0.25) is 14.0 Å². The van der Waals surface area contributed by atoms with E-state index in [-0.39, 0.29) is 23.8 Å². The molecular formula is C21H20FN5O3. The zero-order valence-corrected chi connectivity index (χ0v) is 16.4. The molecule has 30 heavy (non-hydrogen) atoms. The van der Waals surface area contributed by atoms with Crippen molar-refractivity contribution >= 4 is 28.2 Å². The summed E-state index contributed by atoms with van der Waals surface area (Å²) in [5.41, 5.74) is 2.00. The number of furan rings is 1. The molecule has 1 aromatic carbocycles. The molecule has 0 saturated carbocycles. The van der Waals surface area contributed by atoms with Gasteiger partial charge >= 0.3 is 0 Å². The molecule has 4 heterocycles. The Bertz CT molecular complexity index is 1310. The van der Waals surface area contributed by atoms with Gasteiger partial charge < -0.3 is 14.2 Å². The molecule has 1 aliphatic rings. The van der Waals surface area contributed by atoms with Crippen LogP contribution in [-0.2, 0) is 11.3 Å². The first-order valence-corrected chi connectivity index (χ1v) is 9.76. The zero-order chi connectivity index (χ0) is 20.8. The summed E-state index contributed by atoms with van der Waals surface area (Å²) in [5, 5.41) is 4.33. The molecular weight excluding hydrogens is 389 g/mol. The van der Waals surface area contributed by atoms with Crippen LogP contribution < -0.4 is 10.5 Å². The maximum absolute atomic E-state index is 14.0. The molecule has 0 atom stereocenters. The summed E-state index contributed by atoms with van der Waals surface area (Å²) in [6.07, 6.45) is 1.56. The second-order valence-electron chi connectivity index (χ2n) is 7.36. The van der Waals surface area contributed by atoms with Crippen LogP contribution in [0.1, 0.15) is 5.82 Å².